The fourth-order valence-corrected chi connectivity index (χ4v) is 3.29. The molecule has 2 aromatic heterocycles. The Labute approximate surface area is 151 Å². The summed E-state index contributed by atoms with van der Waals surface area (Å²) in [7, 11) is 0. The molecule has 0 aliphatic heterocycles. The van der Waals surface area contributed by atoms with E-state index in [1.807, 2.05) is 65.7 Å². The quantitative estimate of drug-likeness (QED) is 0.597. The van der Waals surface area contributed by atoms with Crippen molar-refractivity contribution in [1.82, 2.24) is 4.90 Å². The standard InChI is InChI=1S/C20H21NO3S/c1-2-23-17-9-7-16(8-10-17)13-20(22)21(14-18-5-3-11-24-18)15-19-6-4-12-25-19/h3-12H,2,13-15H2,1H3. The lowest BCUT2D eigenvalue weighted by atomic mass is 10.1. The van der Waals surface area contributed by atoms with Gasteiger partial charge in [-0.2, -0.15) is 0 Å². The first-order chi connectivity index (χ1) is 12.2. The number of amides is 1. The maximum atomic E-state index is 12.8. The van der Waals surface area contributed by atoms with Gasteiger partial charge in [0.05, 0.1) is 32.4 Å². The Morgan fingerprint density at radius 3 is 2.60 bits per heavy atom. The zero-order chi connectivity index (χ0) is 17.5. The Bertz CT molecular complexity index is 728. The summed E-state index contributed by atoms with van der Waals surface area (Å²) in [6.45, 7) is 3.65. The van der Waals surface area contributed by atoms with Gasteiger partial charge in [-0.1, -0.05) is 18.2 Å². The fourth-order valence-electron chi connectivity index (χ4n) is 2.57. The van der Waals surface area contributed by atoms with Crippen molar-refractivity contribution in [1.29, 1.82) is 0 Å². The number of carbonyl (C=O) groups is 1. The van der Waals surface area contributed by atoms with Crippen LogP contribution in [0.2, 0.25) is 0 Å². The summed E-state index contributed by atoms with van der Waals surface area (Å²) in [6, 6.07) is 15.5. The van der Waals surface area contributed by atoms with Crippen LogP contribution in [-0.2, 0) is 24.3 Å². The molecule has 0 aliphatic rings. The van der Waals surface area contributed by atoms with Crippen LogP contribution in [0.4, 0.5) is 0 Å². The SMILES string of the molecule is CCOc1ccc(CC(=O)N(Cc2ccco2)Cc2cccs2)cc1. The first kappa shape index (κ1) is 17.3. The summed E-state index contributed by atoms with van der Waals surface area (Å²) in [5, 5.41) is 2.03. The highest BCUT2D eigenvalue weighted by Gasteiger charge is 2.17. The Morgan fingerprint density at radius 1 is 1.12 bits per heavy atom. The average molecular weight is 355 g/mol. The molecular formula is C20H21NO3S. The third kappa shape index (κ3) is 4.97. The minimum absolute atomic E-state index is 0.0777. The molecule has 25 heavy (non-hydrogen) atoms. The average Bonchev–Trinajstić information content (AvgIpc) is 3.30. The first-order valence-corrected chi connectivity index (χ1v) is 9.17. The van der Waals surface area contributed by atoms with Crippen molar-refractivity contribution in [3.8, 4) is 5.75 Å². The van der Waals surface area contributed by atoms with Crippen LogP contribution in [0.25, 0.3) is 0 Å². The lowest BCUT2D eigenvalue weighted by Gasteiger charge is -2.21. The molecule has 0 fully saturated rings. The fraction of sp³-hybridized carbons (Fsp3) is 0.250. The van der Waals surface area contributed by atoms with Crippen LogP contribution in [0.15, 0.2) is 64.6 Å². The van der Waals surface area contributed by atoms with Crippen LogP contribution >= 0.6 is 11.3 Å². The van der Waals surface area contributed by atoms with Gasteiger partial charge in [0, 0.05) is 4.88 Å². The Morgan fingerprint density at radius 2 is 1.96 bits per heavy atom. The van der Waals surface area contributed by atoms with Gasteiger partial charge in [-0.15, -0.1) is 11.3 Å². The van der Waals surface area contributed by atoms with Gasteiger partial charge in [0.2, 0.25) is 5.91 Å². The molecule has 0 spiro atoms. The molecule has 0 N–H and O–H groups in total. The van der Waals surface area contributed by atoms with Crippen LogP contribution in [0, 0.1) is 0 Å². The molecule has 5 heteroatoms. The van der Waals surface area contributed by atoms with E-state index in [2.05, 4.69) is 0 Å². The zero-order valence-electron chi connectivity index (χ0n) is 14.2. The normalized spacial score (nSPS) is 10.6. The Hall–Kier alpha value is -2.53. The number of benzene rings is 1. The molecule has 3 rings (SSSR count). The molecule has 3 aromatic rings. The van der Waals surface area contributed by atoms with Crippen LogP contribution in [0.5, 0.6) is 5.75 Å². The molecule has 130 valence electrons. The van der Waals surface area contributed by atoms with Crippen molar-refractivity contribution >= 4 is 17.2 Å². The van der Waals surface area contributed by atoms with E-state index in [0.717, 1.165) is 22.0 Å². The molecule has 1 amide bonds. The van der Waals surface area contributed by atoms with E-state index in [0.29, 0.717) is 26.1 Å². The number of rotatable bonds is 8. The maximum absolute atomic E-state index is 12.8. The smallest absolute Gasteiger partial charge is 0.227 e. The molecular weight excluding hydrogens is 334 g/mol. The predicted octanol–water partition coefficient (Wildman–Crippen LogP) is 4.51. The van der Waals surface area contributed by atoms with E-state index in [4.69, 9.17) is 9.15 Å². The summed E-state index contributed by atoms with van der Waals surface area (Å²) in [4.78, 5) is 15.8. The van der Waals surface area contributed by atoms with Crippen molar-refractivity contribution in [2.75, 3.05) is 6.61 Å². The van der Waals surface area contributed by atoms with E-state index in [-0.39, 0.29) is 5.91 Å². The summed E-state index contributed by atoms with van der Waals surface area (Å²) in [6.07, 6.45) is 1.99. The van der Waals surface area contributed by atoms with Gasteiger partial charge in [0.25, 0.3) is 0 Å². The molecule has 1 aromatic carbocycles. The van der Waals surface area contributed by atoms with E-state index in [1.165, 1.54) is 0 Å². The van der Waals surface area contributed by atoms with Gasteiger partial charge in [0.15, 0.2) is 0 Å². The minimum Gasteiger partial charge on any atom is -0.494 e. The third-order valence-corrected chi connectivity index (χ3v) is 4.66. The van der Waals surface area contributed by atoms with E-state index < -0.39 is 0 Å². The van der Waals surface area contributed by atoms with Gasteiger partial charge >= 0.3 is 0 Å². The van der Waals surface area contributed by atoms with Crippen molar-refractivity contribution < 1.29 is 13.9 Å². The van der Waals surface area contributed by atoms with Crippen molar-refractivity contribution in [2.45, 2.75) is 26.4 Å². The van der Waals surface area contributed by atoms with Gasteiger partial charge in [0.1, 0.15) is 11.5 Å². The molecule has 0 unspecified atom stereocenters. The van der Waals surface area contributed by atoms with Crippen molar-refractivity contribution in [3.05, 3.63) is 76.4 Å². The molecule has 0 bridgehead atoms. The highest BCUT2D eigenvalue weighted by Crippen LogP contribution is 2.18. The van der Waals surface area contributed by atoms with E-state index in [1.54, 1.807) is 17.6 Å². The van der Waals surface area contributed by atoms with Crippen LogP contribution in [0.3, 0.4) is 0 Å². The molecule has 0 radical (unpaired) electrons. The van der Waals surface area contributed by atoms with Gasteiger partial charge in [-0.05, 0) is 48.2 Å². The minimum atomic E-state index is 0.0777. The highest BCUT2D eigenvalue weighted by atomic mass is 32.1. The number of carbonyl (C=O) groups excluding carboxylic acids is 1. The predicted molar refractivity (Wildman–Crippen MR) is 98.6 cm³/mol. The number of thiophene rings is 1. The molecule has 0 saturated carbocycles. The van der Waals surface area contributed by atoms with Crippen molar-refractivity contribution in [2.24, 2.45) is 0 Å². The maximum Gasteiger partial charge on any atom is 0.227 e. The Balaban J connectivity index is 1.69. The number of hydrogen-bond donors (Lipinski definition) is 0. The van der Waals surface area contributed by atoms with Gasteiger partial charge in [-0.3, -0.25) is 4.79 Å². The largest absolute Gasteiger partial charge is 0.494 e. The molecule has 0 atom stereocenters. The zero-order valence-corrected chi connectivity index (χ0v) is 15.0. The summed E-state index contributed by atoms with van der Waals surface area (Å²) in [5.74, 6) is 1.69. The first-order valence-electron chi connectivity index (χ1n) is 8.29. The van der Waals surface area contributed by atoms with E-state index >= 15 is 0 Å². The number of furan rings is 1. The van der Waals surface area contributed by atoms with Gasteiger partial charge in [-0.25, -0.2) is 0 Å². The lowest BCUT2D eigenvalue weighted by molar-refractivity contribution is -0.131. The molecule has 4 nitrogen and oxygen atoms in total. The van der Waals surface area contributed by atoms with Crippen molar-refractivity contribution in [3.63, 3.8) is 0 Å². The van der Waals surface area contributed by atoms with E-state index in [9.17, 15) is 4.79 Å². The number of hydrogen-bond acceptors (Lipinski definition) is 4. The van der Waals surface area contributed by atoms with Crippen LogP contribution in [0.1, 0.15) is 23.1 Å². The molecule has 0 saturated heterocycles. The van der Waals surface area contributed by atoms with Gasteiger partial charge < -0.3 is 14.1 Å². The van der Waals surface area contributed by atoms with Crippen LogP contribution in [-0.4, -0.2) is 17.4 Å². The second kappa shape index (κ2) is 8.53. The Kier molecular flexibility index (Phi) is 5.90. The summed E-state index contributed by atoms with van der Waals surface area (Å²) in [5.41, 5.74) is 0.976. The number of nitrogens with zero attached hydrogens (tertiary/aromatic N) is 1. The third-order valence-electron chi connectivity index (χ3n) is 3.80. The lowest BCUT2D eigenvalue weighted by Crippen LogP contribution is -2.31. The molecule has 2 heterocycles. The van der Waals surface area contributed by atoms with Crippen LogP contribution < -0.4 is 4.74 Å². The summed E-state index contributed by atoms with van der Waals surface area (Å²) >= 11 is 1.65. The second-order valence-electron chi connectivity index (χ2n) is 5.66. The second-order valence-corrected chi connectivity index (χ2v) is 6.69. The monoisotopic (exact) mass is 355 g/mol. The highest BCUT2D eigenvalue weighted by molar-refractivity contribution is 7.09. The number of ether oxygens (including phenoxy) is 1. The summed E-state index contributed by atoms with van der Waals surface area (Å²) < 4.78 is 10.9. The molecule has 0 aliphatic carbocycles. The topological polar surface area (TPSA) is 42.7 Å².